The van der Waals surface area contributed by atoms with Crippen molar-refractivity contribution in [2.45, 2.75) is 11.5 Å². The predicted molar refractivity (Wildman–Crippen MR) is 53.8 cm³/mol. The first-order valence-corrected chi connectivity index (χ1v) is 6.12. The van der Waals surface area contributed by atoms with Crippen LogP contribution >= 0.6 is 21.6 Å². The SMILES string of the molecule is N=Nc1ccc2c(c1)CSSC2. The molecule has 1 aromatic rings. The Bertz CT molecular complexity index is 312. The van der Waals surface area contributed by atoms with E-state index in [0.717, 1.165) is 17.2 Å². The molecule has 0 radical (unpaired) electrons. The number of nitrogens with zero attached hydrogens (tertiary/aromatic N) is 1. The van der Waals surface area contributed by atoms with Crippen LogP contribution in [0.5, 0.6) is 0 Å². The topological polar surface area (TPSA) is 36.2 Å². The van der Waals surface area contributed by atoms with Crippen LogP contribution in [0.25, 0.3) is 0 Å². The van der Waals surface area contributed by atoms with Crippen molar-refractivity contribution < 1.29 is 0 Å². The van der Waals surface area contributed by atoms with E-state index in [-0.39, 0.29) is 0 Å². The van der Waals surface area contributed by atoms with Crippen molar-refractivity contribution in [1.82, 2.24) is 0 Å². The molecule has 0 saturated carbocycles. The van der Waals surface area contributed by atoms with Crippen molar-refractivity contribution in [3.05, 3.63) is 29.3 Å². The molecule has 0 spiro atoms. The number of hydrogen-bond donors (Lipinski definition) is 1. The second-order valence-electron chi connectivity index (χ2n) is 2.59. The molecular weight excluding hydrogens is 188 g/mol. The van der Waals surface area contributed by atoms with Crippen molar-refractivity contribution in [3.8, 4) is 0 Å². The Balaban J connectivity index is 2.42. The van der Waals surface area contributed by atoms with Gasteiger partial charge < -0.3 is 0 Å². The van der Waals surface area contributed by atoms with Gasteiger partial charge in [-0.1, -0.05) is 27.7 Å². The molecule has 2 nitrogen and oxygen atoms in total. The van der Waals surface area contributed by atoms with Gasteiger partial charge in [0.1, 0.15) is 0 Å². The lowest BCUT2D eigenvalue weighted by molar-refractivity contribution is 1.13. The third kappa shape index (κ3) is 1.49. The highest BCUT2D eigenvalue weighted by Gasteiger charge is 2.09. The maximum Gasteiger partial charge on any atom is 0.0853 e. The molecule has 1 heterocycles. The fourth-order valence-corrected chi connectivity index (χ4v) is 3.40. The molecule has 0 fully saturated rings. The van der Waals surface area contributed by atoms with Gasteiger partial charge in [-0.2, -0.15) is 5.11 Å². The average Bonchev–Trinajstić information content (AvgIpc) is 2.17. The first-order valence-electron chi connectivity index (χ1n) is 3.64. The molecule has 0 bridgehead atoms. The van der Waals surface area contributed by atoms with Crippen LogP contribution in [0, 0.1) is 5.53 Å². The summed E-state index contributed by atoms with van der Waals surface area (Å²) >= 11 is 0. The van der Waals surface area contributed by atoms with Crippen molar-refractivity contribution in [2.24, 2.45) is 5.11 Å². The zero-order chi connectivity index (χ0) is 8.39. The molecule has 0 atom stereocenters. The Morgan fingerprint density at radius 3 is 2.67 bits per heavy atom. The van der Waals surface area contributed by atoms with Gasteiger partial charge in [0.2, 0.25) is 0 Å². The highest BCUT2D eigenvalue weighted by atomic mass is 33.1. The minimum absolute atomic E-state index is 0.765. The van der Waals surface area contributed by atoms with Gasteiger partial charge in [0.25, 0.3) is 0 Å². The lowest BCUT2D eigenvalue weighted by Crippen LogP contribution is -1.93. The van der Waals surface area contributed by atoms with Crippen LogP contribution in [0.15, 0.2) is 23.3 Å². The summed E-state index contributed by atoms with van der Waals surface area (Å²) < 4.78 is 0. The lowest BCUT2D eigenvalue weighted by Gasteiger charge is -2.13. The molecule has 0 saturated heterocycles. The Kier molecular flexibility index (Phi) is 2.37. The molecule has 1 aromatic carbocycles. The monoisotopic (exact) mass is 196 g/mol. The second kappa shape index (κ2) is 3.49. The summed E-state index contributed by atoms with van der Waals surface area (Å²) in [6.45, 7) is 0. The molecule has 0 amide bonds. The standard InChI is InChI=1S/C8H8N2S2/c9-10-8-2-1-6-4-11-12-5-7(6)3-8/h1-3,9H,4-5H2. The summed E-state index contributed by atoms with van der Waals surface area (Å²) in [5.74, 6) is 2.13. The summed E-state index contributed by atoms with van der Waals surface area (Å²) in [6, 6.07) is 5.99. The van der Waals surface area contributed by atoms with Gasteiger partial charge in [-0.15, -0.1) is 0 Å². The minimum atomic E-state index is 0.765. The molecule has 0 aliphatic carbocycles. The smallest absolute Gasteiger partial charge is 0.0853 e. The molecule has 4 heteroatoms. The molecule has 1 aliphatic rings. The third-order valence-corrected chi connectivity index (χ3v) is 4.06. The van der Waals surface area contributed by atoms with Crippen LogP contribution in [0.1, 0.15) is 11.1 Å². The van der Waals surface area contributed by atoms with Gasteiger partial charge >= 0.3 is 0 Å². The van der Waals surface area contributed by atoms with Crippen LogP contribution in [0.2, 0.25) is 0 Å². The zero-order valence-electron chi connectivity index (χ0n) is 6.41. The first kappa shape index (κ1) is 8.13. The first-order chi connectivity index (χ1) is 5.90. The van der Waals surface area contributed by atoms with Crippen LogP contribution in [0.4, 0.5) is 5.69 Å². The summed E-state index contributed by atoms with van der Waals surface area (Å²) in [5.41, 5.74) is 10.4. The summed E-state index contributed by atoms with van der Waals surface area (Å²) in [5, 5.41) is 3.41. The maximum absolute atomic E-state index is 6.87. The van der Waals surface area contributed by atoms with E-state index in [2.05, 4.69) is 11.2 Å². The summed E-state index contributed by atoms with van der Waals surface area (Å²) in [4.78, 5) is 0. The third-order valence-electron chi connectivity index (χ3n) is 1.83. The molecular formula is C8H8N2S2. The average molecular weight is 196 g/mol. The van der Waals surface area contributed by atoms with Crippen LogP contribution in [-0.2, 0) is 11.5 Å². The normalized spacial score (nSPS) is 15.3. The Labute approximate surface area is 79.0 Å². The fourth-order valence-electron chi connectivity index (χ4n) is 1.17. The highest BCUT2D eigenvalue weighted by molar-refractivity contribution is 8.76. The van der Waals surface area contributed by atoms with Crippen molar-refractivity contribution in [3.63, 3.8) is 0 Å². The maximum atomic E-state index is 6.87. The van der Waals surface area contributed by atoms with Crippen LogP contribution in [0.3, 0.4) is 0 Å². The van der Waals surface area contributed by atoms with E-state index in [1.165, 1.54) is 11.1 Å². The van der Waals surface area contributed by atoms with E-state index in [0.29, 0.717) is 0 Å². The van der Waals surface area contributed by atoms with E-state index in [1.807, 2.05) is 33.7 Å². The van der Waals surface area contributed by atoms with Gasteiger partial charge in [-0.25, -0.2) is 5.53 Å². The predicted octanol–water partition coefficient (Wildman–Crippen LogP) is 3.74. The number of hydrogen-bond acceptors (Lipinski definition) is 4. The lowest BCUT2D eigenvalue weighted by atomic mass is 10.1. The van der Waals surface area contributed by atoms with E-state index in [9.17, 15) is 0 Å². The minimum Gasteiger partial charge on any atom is -0.204 e. The van der Waals surface area contributed by atoms with Crippen LogP contribution < -0.4 is 0 Å². The number of rotatable bonds is 1. The van der Waals surface area contributed by atoms with E-state index >= 15 is 0 Å². The van der Waals surface area contributed by atoms with Gasteiger partial charge in [0.05, 0.1) is 5.69 Å². The Hall–Kier alpha value is -0.480. The summed E-state index contributed by atoms with van der Waals surface area (Å²) in [7, 11) is 3.76. The molecule has 1 aliphatic heterocycles. The van der Waals surface area contributed by atoms with E-state index in [1.54, 1.807) is 0 Å². The zero-order valence-corrected chi connectivity index (χ0v) is 8.04. The highest BCUT2D eigenvalue weighted by Crippen LogP contribution is 2.38. The quantitative estimate of drug-likeness (QED) is 0.548. The number of fused-ring (bicyclic) bond motifs is 1. The molecule has 0 unspecified atom stereocenters. The number of benzene rings is 1. The Morgan fingerprint density at radius 1 is 1.17 bits per heavy atom. The fraction of sp³-hybridized carbons (Fsp3) is 0.250. The molecule has 2 rings (SSSR count). The van der Waals surface area contributed by atoms with Crippen molar-refractivity contribution in [2.75, 3.05) is 0 Å². The van der Waals surface area contributed by atoms with Gasteiger partial charge in [-0.3, -0.25) is 0 Å². The van der Waals surface area contributed by atoms with Crippen molar-refractivity contribution in [1.29, 1.82) is 5.53 Å². The largest absolute Gasteiger partial charge is 0.204 e. The Morgan fingerprint density at radius 2 is 1.92 bits per heavy atom. The second-order valence-corrected chi connectivity index (χ2v) is 5.05. The van der Waals surface area contributed by atoms with E-state index in [4.69, 9.17) is 5.53 Å². The van der Waals surface area contributed by atoms with Gasteiger partial charge in [0, 0.05) is 11.5 Å². The van der Waals surface area contributed by atoms with Gasteiger partial charge in [-0.05, 0) is 23.3 Å². The molecule has 1 N–H and O–H groups in total. The molecule has 12 heavy (non-hydrogen) atoms. The van der Waals surface area contributed by atoms with E-state index < -0.39 is 0 Å². The van der Waals surface area contributed by atoms with Gasteiger partial charge in [0.15, 0.2) is 0 Å². The molecule has 62 valence electrons. The molecule has 0 aromatic heterocycles. The van der Waals surface area contributed by atoms with Crippen LogP contribution in [-0.4, -0.2) is 0 Å². The summed E-state index contributed by atoms with van der Waals surface area (Å²) in [6.07, 6.45) is 0. The number of nitrogens with one attached hydrogen (secondary N) is 1. The van der Waals surface area contributed by atoms with Crippen molar-refractivity contribution >= 4 is 27.3 Å².